The molecule has 3 atom stereocenters. The number of hydrogen-bond acceptors (Lipinski definition) is 1. The lowest BCUT2D eigenvalue weighted by Crippen LogP contribution is -2.52. The fourth-order valence-corrected chi connectivity index (χ4v) is 6.59. The van der Waals surface area contributed by atoms with Gasteiger partial charge in [0.05, 0.1) is 6.61 Å². The molecule has 2 fully saturated rings. The summed E-state index contributed by atoms with van der Waals surface area (Å²) < 4.78 is 6.66. The zero-order valence-electron chi connectivity index (χ0n) is 13.4. The molecule has 1 nitrogen and oxygen atoms in total. The molecule has 1 heteroatoms. The van der Waals surface area contributed by atoms with Crippen LogP contribution in [0.15, 0.2) is 24.3 Å². The van der Waals surface area contributed by atoms with E-state index in [4.69, 9.17) is 4.74 Å². The normalized spacial score (nSPS) is 43.1. The van der Waals surface area contributed by atoms with Gasteiger partial charge in [-0.3, -0.25) is 0 Å². The van der Waals surface area contributed by atoms with Crippen molar-refractivity contribution in [2.45, 2.75) is 59.7 Å². The summed E-state index contributed by atoms with van der Waals surface area (Å²) in [6, 6.07) is 8.91. The SMILES string of the molecule is CC1(C)[C@H]2CC[C@]1(C)[C@]1(OCc3ccccc31)C2(C)C. The summed E-state index contributed by atoms with van der Waals surface area (Å²) in [6.07, 6.45) is 2.65. The van der Waals surface area contributed by atoms with E-state index in [9.17, 15) is 0 Å². The lowest BCUT2D eigenvalue weighted by molar-refractivity contribution is -0.190. The predicted molar refractivity (Wildman–Crippen MR) is 81.3 cm³/mol. The van der Waals surface area contributed by atoms with Crippen LogP contribution < -0.4 is 0 Å². The quantitative estimate of drug-likeness (QED) is 0.652. The van der Waals surface area contributed by atoms with Crippen LogP contribution in [0, 0.1) is 22.2 Å². The van der Waals surface area contributed by atoms with Crippen LogP contribution in [-0.4, -0.2) is 0 Å². The first-order valence-corrected chi connectivity index (χ1v) is 8.01. The molecule has 1 aromatic carbocycles. The van der Waals surface area contributed by atoms with Crippen LogP contribution in [0.1, 0.15) is 58.6 Å². The summed E-state index contributed by atoms with van der Waals surface area (Å²) in [7, 11) is 0. The molecule has 4 rings (SSSR count). The average molecular weight is 270 g/mol. The molecular formula is C19H26O. The van der Waals surface area contributed by atoms with Crippen molar-refractivity contribution in [3.63, 3.8) is 0 Å². The van der Waals surface area contributed by atoms with E-state index in [1.807, 2.05) is 0 Å². The Morgan fingerprint density at radius 2 is 1.70 bits per heavy atom. The highest BCUT2D eigenvalue weighted by Gasteiger charge is 2.79. The molecule has 3 aliphatic rings. The molecule has 20 heavy (non-hydrogen) atoms. The number of ether oxygens (including phenoxy) is 1. The summed E-state index contributed by atoms with van der Waals surface area (Å²) in [5.41, 5.74) is 3.57. The van der Waals surface area contributed by atoms with E-state index in [2.05, 4.69) is 58.9 Å². The number of hydrogen-bond donors (Lipinski definition) is 0. The summed E-state index contributed by atoms with van der Waals surface area (Å²) in [6.45, 7) is 13.1. The highest BCUT2D eigenvalue weighted by Crippen LogP contribution is 2.81. The van der Waals surface area contributed by atoms with E-state index < -0.39 is 0 Å². The summed E-state index contributed by atoms with van der Waals surface area (Å²) in [5.74, 6) is 0.742. The third kappa shape index (κ3) is 0.997. The lowest BCUT2D eigenvalue weighted by Gasteiger charge is -2.52. The molecule has 2 bridgehead atoms. The van der Waals surface area contributed by atoms with Gasteiger partial charge in [0.2, 0.25) is 0 Å². The summed E-state index contributed by atoms with van der Waals surface area (Å²) in [4.78, 5) is 0. The lowest BCUT2D eigenvalue weighted by atomic mass is 9.57. The topological polar surface area (TPSA) is 9.23 Å². The highest BCUT2D eigenvalue weighted by atomic mass is 16.5. The van der Waals surface area contributed by atoms with Crippen molar-refractivity contribution in [1.29, 1.82) is 0 Å². The van der Waals surface area contributed by atoms with Crippen LogP contribution in [0.4, 0.5) is 0 Å². The smallest absolute Gasteiger partial charge is 0.105 e. The Hall–Kier alpha value is -0.820. The average Bonchev–Trinajstić information content (AvgIpc) is 2.90. The zero-order valence-corrected chi connectivity index (χ0v) is 13.4. The minimum Gasteiger partial charge on any atom is -0.364 e. The Labute approximate surface area is 122 Å². The van der Waals surface area contributed by atoms with Crippen molar-refractivity contribution >= 4 is 0 Å². The van der Waals surface area contributed by atoms with Gasteiger partial charge in [0.15, 0.2) is 0 Å². The monoisotopic (exact) mass is 270 g/mol. The van der Waals surface area contributed by atoms with Gasteiger partial charge >= 0.3 is 0 Å². The molecule has 1 heterocycles. The summed E-state index contributed by atoms with van der Waals surface area (Å²) >= 11 is 0. The second-order valence-corrected chi connectivity index (χ2v) is 8.49. The van der Waals surface area contributed by atoms with Crippen LogP contribution in [0.25, 0.3) is 0 Å². The Morgan fingerprint density at radius 3 is 2.35 bits per heavy atom. The Bertz CT molecular complexity index is 585. The van der Waals surface area contributed by atoms with E-state index in [1.165, 1.54) is 24.0 Å². The molecule has 0 aromatic heterocycles. The molecule has 1 aromatic rings. The highest BCUT2D eigenvalue weighted by molar-refractivity contribution is 5.44. The molecule has 1 spiro atoms. The van der Waals surface area contributed by atoms with E-state index in [0.717, 1.165) is 12.5 Å². The molecule has 2 saturated carbocycles. The maximum Gasteiger partial charge on any atom is 0.105 e. The van der Waals surface area contributed by atoms with Gasteiger partial charge in [0.1, 0.15) is 5.60 Å². The molecule has 1 aliphatic heterocycles. The van der Waals surface area contributed by atoms with Crippen molar-refractivity contribution in [2.24, 2.45) is 22.2 Å². The van der Waals surface area contributed by atoms with Crippen molar-refractivity contribution in [3.05, 3.63) is 35.4 Å². The van der Waals surface area contributed by atoms with Crippen LogP contribution in [0.5, 0.6) is 0 Å². The van der Waals surface area contributed by atoms with Gasteiger partial charge in [-0.2, -0.15) is 0 Å². The zero-order chi connectivity index (χ0) is 14.4. The first-order valence-electron chi connectivity index (χ1n) is 8.01. The second-order valence-electron chi connectivity index (χ2n) is 8.49. The van der Waals surface area contributed by atoms with Crippen molar-refractivity contribution < 1.29 is 4.74 Å². The van der Waals surface area contributed by atoms with Gasteiger partial charge in [-0.05, 0) is 35.3 Å². The number of benzene rings is 1. The van der Waals surface area contributed by atoms with Crippen LogP contribution in [-0.2, 0) is 16.9 Å². The van der Waals surface area contributed by atoms with Crippen molar-refractivity contribution in [2.75, 3.05) is 0 Å². The molecule has 2 aliphatic carbocycles. The second kappa shape index (κ2) is 3.32. The third-order valence-corrected chi connectivity index (χ3v) is 7.62. The van der Waals surface area contributed by atoms with Gasteiger partial charge < -0.3 is 4.74 Å². The van der Waals surface area contributed by atoms with Gasteiger partial charge in [-0.25, -0.2) is 0 Å². The molecule has 108 valence electrons. The number of fused-ring (bicyclic) bond motifs is 5. The van der Waals surface area contributed by atoms with Crippen LogP contribution in [0.3, 0.4) is 0 Å². The van der Waals surface area contributed by atoms with Crippen molar-refractivity contribution in [3.8, 4) is 0 Å². The van der Waals surface area contributed by atoms with Gasteiger partial charge in [0, 0.05) is 10.8 Å². The fourth-order valence-electron chi connectivity index (χ4n) is 6.59. The van der Waals surface area contributed by atoms with Gasteiger partial charge in [0.25, 0.3) is 0 Å². The van der Waals surface area contributed by atoms with E-state index in [0.29, 0.717) is 5.41 Å². The van der Waals surface area contributed by atoms with Crippen molar-refractivity contribution in [1.82, 2.24) is 0 Å². The maximum atomic E-state index is 6.66. The molecule has 0 unspecified atom stereocenters. The third-order valence-electron chi connectivity index (χ3n) is 7.62. The summed E-state index contributed by atoms with van der Waals surface area (Å²) in [5, 5.41) is 0. The van der Waals surface area contributed by atoms with Gasteiger partial charge in [-0.1, -0.05) is 58.9 Å². The molecular weight excluding hydrogens is 244 g/mol. The Kier molecular flexibility index (Phi) is 2.14. The fraction of sp³-hybridized carbons (Fsp3) is 0.684. The Morgan fingerprint density at radius 1 is 1.00 bits per heavy atom. The molecule has 0 N–H and O–H groups in total. The van der Waals surface area contributed by atoms with Crippen LogP contribution >= 0.6 is 0 Å². The van der Waals surface area contributed by atoms with Crippen LogP contribution in [0.2, 0.25) is 0 Å². The molecule has 0 saturated heterocycles. The predicted octanol–water partition coefficient (Wildman–Crippen LogP) is 4.89. The first kappa shape index (κ1) is 12.9. The van der Waals surface area contributed by atoms with E-state index in [-0.39, 0.29) is 16.4 Å². The maximum absolute atomic E-state index is 6.66. The van der Waals surface area contributed by atoms with E-state index >= 15 is 0 Å². The first-order chi connectivity index (χ1) is 9.29. The molecule has 0 amide bonds. The Balaban J connectivity index is 2.04. The largest absolute Gasteiger partial charge is 0.364 e. The number of rotatable bonds is 0. The molecule has 0 radical (unpaired) electrons. The van der Waals surface area contributed by atoms with Gasteiger partial charge in [-0.15, -0.1) is 0 Å². The minimum absolute atomic E-state index is 0.0942. The van der Waals surface area contributed by atoms with E-state index in [1.54, 1.807) is 0 Å². The minimum atomic E-state index is -0.0942. The standard InChI is InChI=1S/C19H26O/c1-16(2)15-10-11-18(16,5)19(17(15,3)4)14-9-7-6-8-13(14)12-20-19/h6-9,15H,10-12H2,1-5H3/t15-,18+,19-/m1/s1.